The van der Waals surface area contributed by atoms with E-state index >= 15 is 0 Å². The molecule has 3 aromatic rings. The fourth-order valence-corrected chi connectivity index (χ4v) is 3.99. The van der Waals surface area contributed by atoms with Gasteiger partial charge in [0.1, 0.15) is 17.1 Å². The van der Waals surface area contributed by atoms with Gasteiger partial charge >= 0.3 is 0 Å². The van der Waals surface area contributed by atoms with Gasteiger partial charge in [-0.3, -0.25) is 9.59 Å². The van der Waals surface area contributed by atoms with Gasteiger partial charge in [-0.25, -0.2) is 0 Å². The van der Waals surface area contributed by atoms with Gasteiger partial charge in [0.15, 0.2) is 6.61 Å². The second-order valence-corrected chi connectivity index (χ2v) is 8.90. The van der Waals surface area contributed by atoms with Gasteiger partial charge in [-0.05, 0) is 52.2 Å². The van der Waals surface area contributed by atoms with Crippen molar-refractivity contribution in [2.75, 3.05) is 33.8 Å². The van der Waals surface area contributed by atoms with Gasteiger partial charge in [-0.1, -0.05) is 12.1 Å². The minimum absolute atomic E-state index is 0.127. The number of para-hydroxylation sites is 1. The highest BCUT2D eigenvalue weighted by Gasteiger charge is 2.27. The van der Waals surface area contributed by atoms with Crippen LogP contribution >= 0.6 is 0 Å². The van der Waals surface area contributed by atoms with Crippen molar-refractivity contribution in [3.8, 4) is 11.5 Å². The number of benzene rings is 2. The molecule has 0 fully saturated rings. The molecule has 7 heteroatoms. The molecule has 7 nitrogen and oxygen atoms in total. The molecule has 1 amide bonds. The average Bonchev–Trinajstić information content (AvgIpc) is 2.74. The highest BCUT2D eigenvalue weighted by molar-refractivity contribution is 6.02. The third-order valence-corrected chi connectivity index (χ3v) is 5.60. The first-order valence-electron chi connectivity index (χ1n) is 10.7. The molecule has 1 aliphatic rings. The van der Waals surface area contributed by atoms with Gasteiger partial charge in [0, 0.05) is 37.2 Å². The normalized spacial score (nSPS) is 14.4. The van der Waals surface area contributed by atoms with Gasteiger partial charge in [0.25, 0.3) is 5.91 Å². The number of likely N-dealkylation sites (N-methyl/N-ethyl adjacent to an activating group) is 1. The number of fused-ring (bicyclic) bond motifs is 4. The highest BCUT2D eigenvalue weighted by atomic mass is 16.5. The van der Waals surface area contributed by atoms with Crippen molar-refractivity contribution in [3.05, 3.63) is 52.2 Å². The van der Waals surface area contributed by atoms with Crippen LogP contribution in [0.4, 0.5) is 0 Å². The van der Waals surface area contributed by atoms with Gasteiger partial charge in [0.2, 0.25) is 5.43 Å². The van der Waals surface area contributed by atoms with Crippen molar-refractivity contribution < 1.29 is 14.3 Å². The van der Waals surface area contributed by atoms with Crippen molar-refractivity contribution in [1.82, 2.24) is 14.8 Å². The summed E-state index contributed by atoms with van der Waals surface area (Å²) >= 11 is 0. The third-order valence-electron chi connectivity index (χ3n) is 5.60. The number of pyridine rings is 1. The molecule has 1 N–H and O–H groups in total. The summed E-state index contributed by atoms with van der Waals surface area (Å²) in [5.74, 6) is 0.730. The van der Waals surface area contributed by atoms with E-state index in [0.717, 1.165) is 23.1 Å². The van der Waals surface area contributed by atoms with Gasteiger partial charge in [-0.2, -0.15) is 0 Å². The summed E-state index contributed by atoms with van der Waals surface area (Å²) in [6, 6.07) is 9.22. The minimum atomic E-state index is -0.489. The summed E-state index contributed by atoms with van der Waals surface area (Å²) in [6.07, 6.45) is 3.97. The summed E-state index contributed by atoms with van der Waals surface area (Å²) in [5.41, 5.74) is 1.76. The molecule has 1 aromatic heterocycles. The van der Waals surface area contributed by atoms with Crippen LogP contribution in [-0.2, 0) is 11.8 Å². The Morgan fingerprint density at radius 1 is 1.25 bits per heavy atom. The van der Waals surface area contributed by atoms with Gasteiger partial charge < -0.3 is 24.3 Å². The molecule has 0 saturated carbocycles. The van der Waals surface area contributed by atoms with Crippen LogP contribution in [0.15, 0.2) is 41.2 Å². The Balaban J connectivity index is 1.83. The lowest BCUT2D eigenvalue weighted by Gasteiger charge is -2.29. The zero-order valence-electron chi connectivity index (χ0n) is 19.2. The van der Waals surface area contributed by atoms with Crippen LogP contribution in [0.25, 0.3) is 27.9 Å². The molecule has 32 heavy (non-hydrogen) atoms. The number of nitrogens with one attached hydrogen (secondary N) is 1. The first-order valence-corrected chi connectivity index (χ1v) is 10.7. The minimum Gasteiger partial charge on any atom is -0.483 e. The van der Waals surface area contributed by atoms with Crippen molar-refractivity contribution in [2.24, 2.45) is 7.05 Å². The summed E-state index contributed by atoms with van der Waals surface area (Å²) in [6.45, 7) is 5.00. The lowest BCUT2D eigenvalue weighted by Crippen LogP contribution is -2.34. The van der Waals surface area contributed by atoms with Gasteiger partial charge in [-0.15, -0.1) is 0 Å². The van der Waals surface area contributed by atoms with Crippen molar-refractivity contribution in [1.29, 1.82) is 0 Å². The number of carbonyl (C=O) groups excluding carboxylic acids is 1. The number of hydrogen-bond acceptors (Lipinski definition) is 5. The SMILES string of the molecule is CN(C)CCNC(=O)COc1cc2c(c3c1c(=O)c1ccccc1n3C)C=CC(C)(C)O2. The molecule has 0 spiro atoms. The van der Waals surface area contributed by atoms with E-state index in [0.29, 0.717) is 28.8 Å². The molecular weight excluding hydrogens is 406 g/mol. The van der Waals surface area contributed by atoms with E-state index in [9.17, 15) is 9.59 Å². The smallest absolute Gasteiger partial charge is 0.257 e. The number of aromatic nitrogens is 1. The largest absolute Gasteiger partial charge is 0.483 e. The van der Waals surface area contributed by atoms with E-state index in [1.54, 1.807) is 6.07 Å². The number of carbonyl (C=O) groups is 1. The predicted octanol–water partition coefficient (Wildman–Crippen LogP) is 2.93. The van der Waals surface area contributed by atoms with Crippen molar-refractivity contribution >= 4 is 33.8 Å². The molecule has 0 radical (unpaired) electrons. The first-order chi connectivity index (χ1) is 15.2. The number of rotatable bonds is 6. The molecule has 2 heterocycles. The van der Waals surface area contributed by atoms with Crippen LogP contribution in [0.5, 0.6) is 11.5 Å². The molecule has 168 valence electrons. The predicted molar refractivity (Wildman–Crippen MR) is 127 cm³/mol. The lowest BCUT2D eigenvalue weighted by atomic mass is 9.98. The van der Waals surface area contributed by atoms with E-state index < -0.39 is 5.60 Å². The summed E-state index contributed by atoms with van der Waals surface area (Å²) in [7, 11) is 5.81. The lowest BCUT2D eigenvalue weighted by molar-refractivity contribution is -0.123. The van der Waals surface area contributed by atoms with E-state index in [1.807, 2.05) is 80.9 Å². The number of amides is 1. The quantitative estimate of drug-likeness (QED) is 0.603. The standard InChI is InChI=1S/C25H29N3O4/c1-25(2)11-10-17-19(32-25)14-20(31-15-21(29)26-12-13-27(3)4)22-23(17)28(5)18-9-7-6-8-16(18)24(22)30/h6-11,14H,12-13,15H2,1-5H3,(H,26,29). The summed E-state index contributed by atoms with van der Waals surface area (Å²) in [5, 5.41) is 3.88. The molecule has 0 saturated heterocycles. The van der Waals surface area contributed by atoms with Crippen molar-refractivity contribution in [2.45, 2.75) is 19.4 Å². The van der Waals surface area contributed by atoms with E-state index in [1.165, 1.54) is 0 Å². The molecule has 2 aromatic carbocycles. The second-order valence-electron chi connectivity index (χ2n) is 8.90. The molecule has 0 bridgehead atoms. The number of ether oxygens (including phenoxy) is 2. The van der Waals surface area contributed by atoms with Crippen molar-refractivity contribution in [3.63, 3.8) is 0 Å². The fourth-order valence-electron chi connectivity index (χ4n) is 3.99. The van der Waals surface area contributed by atoms with Gasteiger partial charge in [0.05, 0.1) is 16.4 Å². The Bertz CT molecular complexity index is 1290. The Hall–Kier alpha value is -3.32. The Kier molecular flexibility index (Phi) is 5.69. The topological polar surface area (TPSA) is 72.8 Å². The Morgan fingerprint density at radius 3 is 2.75 bits per heavy atom. The number of hydrogen-bond donors (Lipinski definition) is 1. The van der Waals surface area contributed by atoms with Crippen LogP contribution < -0.4 is 20.2 Å². The number of nitrogens with zero attached hydrogens (tertiary/aromatic N) is 2. The third kappa shape index (κ3) is 4.08. The average molecular weight is 436 g/mol. The second kappa shape index (κ2) is 8.31. The zero-order chi connectivity index (χ0) is 23.0. The molecular formula is C25H29N3O4. The zero-order valence-corrected chi connectivity index (χ0v) is 19.2. The molecule has 0 unspecified atom stereocenters. The number of aryl methyl sites for hydroxylation is 1. The van der Waals surface area contributed by atoms with E-state index in [2.05, 4.69) is 5.32 Å². The Morgan fingerprint density at radius 2 is 2.00 bits per heavy atom. The van der Waals surface area contributed by atoms with Crippen LogP contribution in [0.1, 0.15) is 19.4 Å². The maximum absolute atomic E-state index is 13.5. The summed E-state index contributed by atoms with van der Waals surface area (Å²) in [4.78, 5) is 27.8. The molecule has 0 aliphatic carbocycles. The van der Waals surface area contributed by atoms with Crippen LogP contribution in [0.2, 0.25) is 0 Å². The maximum atomic E-state index is 13.5. The van der Waals surface area contributed by atoms with E-state index in [4.69, 9.17) is 9.47 Å². The fraction of sp³-hybridized carbons (Fsp3) is 0.360. The molecule has 1 aliphatic heterocycles. The molecule has 4 rings (SSSR count). The van der Waals surface area contributed by atoms with Crippen LogP contribution in [0.3, 0.4) is 0 Å². The Labute approximate surface area is 187 Å². The molecule has 0 atom stereocenters. The van der Waals surface area contributed by atoms with Crippen LogP contribution in [-0.4, -0.2) is 54.8 Å². The van der Waals surface area contributed by atoms with E-state index in [-0.39, 0.29) is 17.9 Å². The monoisotopic (exact) mass is 435 g/mol. The highest BCUT2D eigenvalue weighted by Crippen LogP contribution is 2.40. The maximum Gasteiger partial charge on any atom is 0.257 e. The first kappa shape index (κ1) is 21.9. The summed E-state index contributed by atoms with van der Waals surface area (Å²) < 4.78 is 14.1. The van der Waals surface area contributed by atoms with Crippen LogP contribution in [0, 0.1) is 0 Å².